The largest absolute Gasteiger partial charge is 0.383 e. The molecular formula is C20H27N5O3. The van der Waals surface area contributed by atoms with Gasteiger partial charge in [-0.3, -0.25) is 9.69 Å². The molecule has 1 aliphatic rings. The third-order valence-corrected chi connectivity index (χ3v) is 4.42. The first-order valence-corrected chi connectivity index (χ1v) is 9.52. The predicted molar refractivity (Wildman–Crippen MR) is 107 cm³/mol. The quantitative estimate of drug-likeness (QED) is 0.628. The van der Waals surface area contributed by atoms with Gasteiger partial charge in [0, 0.05) is 51.5 Å². The second-order valence-corrected chi connectivity index (χ2v) is 6.46. The molecule has 150 valence electrons. The van der Waals surface area contributed by atoms with Crippen LogP contribution in [0.4, 0.5) is 5.82 Å². The van der Waals surface area contributed by atoms with Crippen molar-refractivity contribution < 1.29 is 14.3 Å². The molecular weight excluding hydrogens is 358 g/mol. The van der Waals surface area contributed by atoms with Crippen molar-refractivity contribution in [2.75, 3.05) is 65.0 Å². The second kappa shape index (κ2) is 10.7. The van der Waals surface area contributed by atoms with Crippen LogP contribution in [0.3, 0.4) is 0 Å². The standard InChI is InChI=1S/C20H27N5O3/c1-27-12-8-21-18-15-17(23-19(24-18)16-5-3-2-4-6-16)20(26)22-7-9-25-10-13-28-14-11-25/h2-6,15H,7-14H2,1H3,(H,22,26)(H,21,23,24). The zero-order valence-electron chi connectivity index (χ0n) is 16.2. The van der Waals surface area contributed by atoms with Crippen molar-refractivity contribution in [1.82, 2.24) is 20.2 Å². The Morgan fingerprint density at radius 3 is 2.71 bits per heavy atom. The fourth-order valence-corrected chi connectivity index (χ4v) is 2.89. The molecule has 8 heteroatoms. The number of hydrogen-bond acceptors (Lipinski definition) is 7. The Morgan fingerprint density at radius 2 is 1.96 bits per heavy atom. The number of amides is 1. The van der Waals surface area contributed by atoms with Gasteiger partial charge in [-0.15, -0.1) is 0 Å². The highest BCUT2D eigenvalue weighted by molar-refractivity contribution is 5.93. The predicted octanol–water partition coefficient (Wildman–Crippen LogP) is 1.26. The molecule has 3 rings (SSSR count). The maximum absolute atomic E-state index is 12.7. The lowest BCUT2D eigenvalue weighted by atomic mass is 10.2. The van der Waals surface area contributed by atoms with Crippen molar-refractivity contribution in [1.29, 1.82) is 0 Å². The van der Waals surface area contributed by atoms with Crippen LogP contribution in [0, 0.1) is 0 Å². The summed E-state index contributed by atoms with van der Waals surface area (Å²) in [6.07, 6.45) is 0. The van der Waals surface area contributed by atoms with Gasteiger partial charge in [0.15, 0.2) is 5.82 Å². The molecule has 0 radical (unpaired) electrons. The Hall–Kier alpha value is -2.55. The molecule has 1 amide bonds. The molecule has 0 unspecified atom stereocenters. The van der Waals surface area contributed by atoms with E-state index in [1.165, 1.54) is 0 Å². The summed E-state index contributed by atoms with van der Waals surface area (Å²) in [4.78, 5) is 23.9. The van der Waals surface area contributed by atoms with Crippen molar-refractivity contribution in [2.45, 2.75) is 0 Å². The van der Waals surface area contributed by atoms with Crippen LogP contribution in [0.5, 0.6) is 0 Å². The van der Waals surface area contributed by atoms with E-state index in [4.69, 9.17) is 9.47 Å². The summed E-state index contributed by atoms with van der Waals surface area (Å²) in [5.41, 5.74) is 1.20. The summed E-state index contributed by atoms with van der Waals surface area (Å²) in [5.74, 6) is 0.910. The number of nitrogens with zero attached hydrogens (tertiary/aromatic N) is 3. The van der Waals surface area contributed by atoms with Crippen molar-refractivity contribution in [3.05, 3.63) is 42.1 Å². The van der Waals surface area contributed by atoms with E-state index in [1.54, 1.807) is 13.2 Å². The van der Waals surface area contributed by atoms with E-state index in [2.05, 4.69) is 25.5 Å². The van der Waals surface area contributed by atoms with E-state index >= 15 is 0 Å². The van der Waals surface area contributed by atoms with Gasteiger partial charge in [-0.2, -0.15) is 0 Å². The monoisotopic (exact) mass is 385 g/mol. The van der Waals surface area contributed by atoms with Crippen LogP contribution >= 0.6 is 0 Å². The molecule has 28 heavy (non-hydrogen) atoms. The zero-order chi connectivity index (χ0) is 19.6. The van der Waals surface area contributed by atoms with Crippen LogP contribution in [0.1, 0.15) is 10.5 Å². The molecule has 1 fully saturated rings. The van der Waals surface area contributed by atoms with E-state index in [1.807, 2.05) is 30.3 Å². The van der Waals surface area contributed by atoms with Gasteiger partial charge in [0.2, 0.25) is 0 Å². The van der Waals surface area contributed by atoms with Crippen LogP contribution in [-0.4, -0.2) is 80.4 Å². The smallest absolute Gasteiger partial charge is 0.270 e. The van der Waals surface area contributed by atoms with Gasteiger partial charge in [0.1, 0.15) is 11.5 Å². The number of rotatable bonds is 9. The van der Waals surface area contributed by atoms with Gasteiger partial charge in [-0.25, -0.2) is 9.97 Å². The molecule has 1 aliphatic heterocycles. The molecule has 1 aromatic heterocycles. The van der Waals surface area contributed by atoms with Crippen LogP contribution in [0.25, 0.3) is 11.4 Å². The number of carbonyl (C=O) groups excluding carboxylic acids is 1. The fourth-order valence-electron chi connectivity index (χ4n) is 2.89. The van der Waals surface area contributed by atoms with Crippen LogP contribution in [-0.2, 0) is 9.47 Å². The normalized spacial score (nSPS) is 14.6. The summed E-state index contributed by atoms with van der Waals surface area (Å²) < 4.78 is 10.4. The third-order valence-electron chi connectivity index (χ3n) is 4.42. The Bertz CT molecular complexity index is 751. The fraction of sp³-hybridized carbons (Fsp3) is 0.450. The molecule has 1 aromatic carbocycles. The van der Waals surface area contributed by atoms with Gasteiger partial charge < -0.3 is 20.1 Å². The Balaban J connectivity index is 1.68. The van der Waals surface area contributed by atoms with E-state index in [0.717, 1.165) is 38.4 Å². The number of aromatic nitrogens is 2. The van der Waals surface area contributed by atoms with E-state index in [9.17, 15) is 4.79 Å². The van der Waals surface area contributed by atoms with Crippen LogP contribution in [0.2, 0.25) is 0 Å². The molecule has 8 nitrogen and oxygen atoms in total. The van der Waals surface area contributed by atoms with Gasteiger partial charge in [-0.05, 0) is 0 Å². The number of methoxy groups -OCH3 is 1. The molecule has 2 heterocycles. The van der Waals surface area contributed by atoms with Crippen LogP contribution < -0.4 is 10.6 Å². The average molecular weight is 385 g/mol. The average Bonchev–Trinajstić information content (AvgIpc) is 2.75. The van der Waals surface area contributed by atoms with Crippen LogP contribution in [0.15, 0.2) is 36.4 Å². The van der Waals surface area contributed by atoms with Gasteiger partial charge in [0.25, 0.3) is 5.91 Å². The van der Waals surface area contributed by atoms with Gasteiger partial charge in [0.05, 0.1) is 19.8 Å². The molecule has 2 N–H and O–H groups in total. The summed E-state index contributed by atoms with van der Waals surface area (Å²) in [7, 11) is 1.64. The lowest BCUT2D eigenvalue weighted by Gasteiger charge is -2.26. The first-order valence-electron chi connectivity index (χ1n) is 9.52. The Kier molecular flexibility index (Phi) is 7.71. The third kappa shape index (κ3) is 5.98. The van der Waals surface area contributed by atoms with Crippen molar-refractivity contribution in [2.24, 2.45) is 0 Å². The van der Waals surface area contributed by atoms with Crippen molar-refractivity contribution >= 4 is 11.7 Å². The van der Waals surface area contributed by atoms with E-state index in [-0.39, 0.29) is 5.91 Å². The number of ether oxygens (including phenoxy) is 2. The second-order valence-electron chi connectivity index (χ2n) is 6.46. The Labute approximate surface area is 165 Å². The SMILES string of the molecule is COCCNc1cc(C(=O)NCCN2CCOCC2)nc(-c2ccccc2)n1. The molecule has 0 bridgehead atoms. The summed E-state index contributed by atoms with van der Waals surface area (Å²) in [5, 5.41) is 6.14. The number of anilines is 1. The highest BCUT2D eigenvalue weighted by Crippen LogP contribution is 2.17. The van der Waals surface area contributed by atoms with Crippen molar-refractivity contribution in [3.63, 3.8) is 0 Å². The van der Waals surface area contributed by atoms with Gasteiger partial charge in [-0.1, -0.05) is 30.3 Å². The molecule has 0 atom stereocenters. The number of carbonyl (C=O) groups is 1. The summed E-state index contributed by atoms with van der Waals surface area (Å²) >= 11 is 0. The Morgan fingerprint density at radius 1 is 1.18 bits per heavy atom. The maximum atomic E-state index is 12.7. The number of morpholine rings is 1. The molecule has 0 saturated carbocycles. The zero-order valence-corrected chi connectivity index (χ0v) is 16.2. The number of benzene rings is 1. The molecule has 0 aliphatic carbocycles. The van der Waals surface area contributed by atoms with E-state index in [0.29, 0.717) is 37.0 Å². The lowest BCUT2D eigenvalue weighted by molar-refractivity contribution is 0.0383. The number of hydrogen-bond donors (Lipinski definition) is 2. The van der Waals surface area contributed by atoms with E-state index < -0.39 is 0 Å². The number of nitrogens with one attached hydrogen (secondary N) is 2. The van der Waals surface area contributed by atoms with Gasteiger partial charge >= 0.3 is 0 Å². The lowest BCUT2D eigenvalue weighted by Crippen LogP contribution is -2.41. The first-order chi connectivity index (χ1) is 13.8. The first kappa shape index (κ1) is 20.2. The molecule has 2 aromatic rings. The maximum Gasteiger partial charge on any atom is 0.270 e. The topological polar surface area (TPSA) is 88.6 Å². The van der Waals surface area contributed by atoms with Crippen molar-refractivity contribution in [3.8, 4) is 11.4 Å². The highest BCUT2D eigenvalue weighted by Gasteiger charge is 2.14. The molecule has 1 saturated heterocycles. The minimum atomic E-state index is -0.206. The minimum Gasteiger partial charge on any atom is -0.383 e. The highest BCUT2D eigenvalue weighted by atomic mass is 16.5. The minimum absolute atomic E-state index is 0.206. The molecule has 0 spiro atoms. The summed E-state index contributed by atoms with van der Waals surface area (Å²) in [6, 6.07) is 11.3. The summed E-state index contributed by atoms with van der Waals surface area (Å²) in [6.45, 7) is 5.80.